The van der Waals surface area contributed by atoms with Crippen LogP contribution >= 0.6 is 0 Å². The van der Waals surface area contributed by atoms with E-state index in [0.29, 0.717) is 16.7 Å². The Bertz CT molecular complexity index is 862. The van der Waals surface area contributed by atoms with E-state index in [-0.39, 0.29) is 0 Å². The number of carboxylic acids is 1. The van der Waals surface area contributed by atoms with Gasteiger partial charge in [-0.1, -0.05) is 91.0 Å². The van der Waals surface area contributed by atoms with Gasteiger partial charge in [-0.15, -0.1) is 0 Å². The van der Waals surface area contributed by atoms with Crippen LogP contribution in [0.15, 0.2) is 91.0 Å². The molecular formula is C23H22N2O3. The molecule has 3 aromatic carbocycles. The second kappa shape index (κ2) is 7.66. The van der Waals surface area contributed by atoms with Gasteiger partial charge in [-0.2, -0.15) is 0 Å². The molecule has 0 aliphatic heterocycles. The Morgan fingerprint density at radius 1 is 0.714 bits per heavy atom. The number of hydrogen-bond acceptors (Lipinski definition) is 3. The smallest absolute Gasteiger partial charge is 0.325 e. The summed E-state index contributed by atoms with van der Waals surface area (Å²) in [6.45, 7) is 0. The zero-order valence-electron chi connectivity index (χ0n) is 15.3. The lowest BCUT2D eigenvalue weighted by atomic mass is 9.57. The van der Waals surface area contributed by atoms with Crippen molar-refractivity contribution < 1.29 is 14.7 Å². The van der Waals surface area contributed by atoms with Gasteiger partial charge in [0.05, 0.1) is 11.8 Å². The van der Waals surface area contributed by atoms with Crippen molar-refractivity contribution in [1.82, 2.24) is 0 Å². The number of amides is 1. The molecule has 0 fully saturated rings. The lowest BCUT2D eigenvalue weighted by molar-refractivity contribution is -0.147. The molecule has 3 rings (SSSR count). The highest BCUT2D eigenvalue weighted by atomic mass is 16.4. The maximum atomic E-state index is 12.6. The minimum atomic E-state index is -2.01. The highest BCUT2D eigenvalue weighted by Gasteiger charge is 2.58. The molecule has 0 saturated heterocycles. The Morgan fingerprint density at radius 2 is 1.04 bits per heavy atom. The second-order valence-electron chi connectivity index (χ2n) is 6.77. The molecule has 0 aliphatic carbocycles. The topological polar surface area (TPSA) is 106 Å². The van der Waals surface area contributed by atoms with E-state index in [1.54, 1.807) is 0 Å². The molecule has 0 bridgehead atoms. The summed E-state index contributed by atoms with van der Waals surface area (Å²) in [5.74, 6) is -2.08. The second-order valence-corrected chi connectivity index (χ2v) is 6.77. The first kappa shape index (κ1) is 19.3. The molecule has 5 nitrogen and oxygen atoms in total. The van der Waals surface area contributed by atoms with Crippen LogP contribution in [0.2, 0.25) is 0 Å². The SMILES string of the molecule is NC(=O)CC(N)(C(=O)O)C(c1ccccc1)(c1ccccc1)c1ccccc1. The summed E-state index contributed by atoms with van der Waals surface area (Å²) in [6, 6.07) is 27.4. The van der Waals surface area contributed by atoms with Crippen LogP contribution in [-0.4, -0.2) is 22.5 Å². The fourth-order valence-corrected chi connectivity index (χ4v) is 3.98. The van der Waals surface area contributed by atoms with Gasteiger partial charge in [0.25, 0.3) is 0 Å². The average Bonchev–Trinajstić information content (AvgIpc) is 2.70. The van der Waals surface area contributed by atoms with Gasteiger partial charge in [-0.3, -0.25) is 9.59 Å². The van der Waals surface area contributed by atoms with Crippen molar-refractivity contribution in [3.05, 3.63) is 108 Å². The molecule has 0 spiro atoms. The van der Waals surface area contributed by atoms with Crippen molar-refractivity contribution in [3.63, 3.8) is 0 Å². The average molecular weight is 374 g/mol. The number of carboxylic acid groups (broad SMARTS) is 1. The highest BCUT2D eigenvalue weighted by molar-refractivity contribution is 5.91. The number of carbonyl (C=O) groups excluding carboxylic acids is 1. The molecule has 5 N–H and O–H groups in total. The summed E-state index contributed by atoms with van der Waals surface area (Å²) in [5, 5.41) is 10.3. The fraction of sp³-hybridized carbons (Fsp3) is 0.130. The fourth-order valence-electron chi connectivity index (χ4n) is 3.98. The largest absolute Gasteiger partial charge is 0.480 e. The molecule has 3 aromatic rings. The maximum absolute atomic E-state index is 12.6. The van der Waals surface area contributed by atoms with Gasteiger partial charge < -0.3 is 16.6 Å². The molecule has 0 aromatic heterocycles. The van der Waals surface area contributed by atoms with Gasteiger partial charge in [0.1, 0.15) is 5.54 Å². The predicted octanol–water partition coefficient (Wildman–Crippen LogP) is 2.68. The molecule has 1 unspecified atom stereocenters. The summed E-state index contributed by atoms with van der Waals surface area (Å²) >= 11 is 0. The molecule has 0 aliphatic rings. The quantitative estimate of drug-likeness (QED) is 0.553. The zero-order chi connectivity index (χ0) is 20.2. The van der Waals surface area contributed by atoms with Crippen molar-refractivity contribution in [2.45, 2.75) is 17.4 Å². The highest BCUT2D eigenvalue weighted by Crippen LogP contribution is 2.47. The Kier molecular flexibility index (Phi) is 5.29. The van der Waals surface area contributed by atoms with Crippen LogP contribution in [0.5, 0.6) is 0 Å². The van der Waals surface area contributed by atoms with Gasteiger partial charge in [0, 0.05) is 0 Å². The van der Waals surface area contributed by atoms with E-state index in [1.807, 2.05) is 91.0 Å². The van der Waals surface area contributed by atoms with Crippen LogP contribution in [-0.2, 0) is 15.0 Å². The third-order valence-corrected chi connectivity index (χ3v) is 5.12. The van der Waals surface area contributed by atoms with Gasteiger partial charge in [0.2, 0.25) is 5.91 Å². The minimum absolute atomic E-state index is 0.527. The molecule has 142 valence electrons. The number of benzene rings is 3. The van der Waals surface area contributed by atoms with Crippen molar-refractivity contribution in [1.29, 1.82) is 0 Å². The number of carbonyl (C=O) groups is 2. The van der Waals surface area contributed by atoms with Gasteiger partial charge in [-0.25, -0.2) is 0 Å². The summed E-state index contributed by atoms with van der Waals surface area (Å²) in [6.07, 6.45) is -0.527. The van der Waals surface area contributed by atoms with E-state index in [4.69, 9.17) is 11.5 Å². The van der Waals surface area contributed by atoms with Crippen molar-refractivity contribution in [2.75, 3.05) is 0 Å². The first-order chi connectivity index (χ1) is 13.4. The number of rotatable bonds is 7. The van der Waals surface area contributed by atoms with E-state index in [2.05, 4.69) is 0 Å². The number of aliphatic carboxylic acids is 1. The van der Waals surface area contributed by atoms with E-state index in [0.717, 1.165) is 0 Å². The molecule has 1 amide bonds. The van der Waals surface area contributed by atoms with Crippen LogP contribution in [0.4, 0.5) is 0 Å². The van der Waals surface area contributed by atoms with Crippen LogP contribution < -0.4 is 11.5 Å². The normalized spacial score (nSPS) is 13.5. The maximum Gasteiger partial charge on any atom is 0.325 e. The summed E-state index contributed by atoms with van der Waals surface area (Å²) in [4.78, 5) is 24.5. The Morgan fingerprint density at radius 3 is 1.29 bits per heavy atom. The van der Waals surface area contributed by atoms with Crippen molar-refractivity contribution in [3.8, 4) is 0 Å². The van der Waals surface area contributed by atoms with Crippen LogP contribution in [0.3, 0.4) is 0 Å². The molecule has 0 radical (unpaired) electrons. The van der Waals surface area contributed by atoms with E-state index in [1.165, 1.54) is 0 Å². The Labute approximate surface area is 163 Å². The Balaban J connectivity index is 2.51. The standard InChI is InChI=1S/C23H22N2O3/c24-20(26)16-22(25,21(27)28)23(17-10-4-1-5-11-17,18-12-6-2-7-13-18)19-14-8-3-9-15-19/h1-15H,16,25H2,(H2,24,26)(H,27,28). The van der Waals surface area contributed by atoms with Crippen LogP contribution in [0.25, 0.3) is 0 Å². The van der Waals surface area contributed by atoms with Gasteiger partial charge in [0.15, 0.2) is 0 Å². The van der Waals surface area contributed by atoms with Crippen LogP contribution in [0.1, 0.15) is 23.1 Å². The lowest BCUT2D eigenvalue weighted by Gasteiger charge is -2.46. The van der Waals surface area contributed by atoms with Gasteiger partial charge in [-0.05, 0) is 16.7 Å². The monoisotopic (exact) mass is 374 g/mol. The Hall–Kier alpha value is -3.44. The predicted molar refractivity (Wildman–Crippen MR) is 108 cm³/mol. The molecule has 5 heteroatoms. The first-order valence-electron chi connectivity index (χ1n) is 8.90. The number of primary amides is 1. The van der Waals surface area contributed by atoms with Crippen molar-refractivity contribution in [2.24, 2.45) is 11.5 Å². The molecule has 1 atom stereocenters. The molecule has 0 saturated carbocycles. The molecular weight excluding hydrogens is 352 g/mol. The number of nitrogens with two attached hydrogens (primary N) is 2. The third kappa shape index (κ3) is 3.06. The summed E-state index contributed by atoms with van der Waals surface area (Å²) < 4.78 is 0. The van der Waals surface area contributed by atoms with Crippen molar-refractivity contribution >= 4 is 11.9 Å². The van der Waals surface area contributed by atoms with Crippen LogP contribution in [0, 0.1) is 0 Å². The third-order valence-electron chi connectivity index (χ3n) is 5.12. The minimum Gasteiger partial charge on any atom is -0.480 e. The summed E-state index contributed by atoms with van der Waals surface area (Å²) in [5.41, 5.74) is 10.7. The van der Waals surface area contributed by atoms with Gasteiger partial charge >= 0.3 is 5.97 Å². The molecule has 28 heavy (non-hydrogen) atoms. The summed E-state index contributed by atoms with van der Waals surface area (Å²) in [7, 11) is 0. The lowest BCUT2D eigenvalue weighted by Crippen LogP contribution is -2.66. The zero-order valence-corrected chi connectivity index (χ0v) is 15.3. The van der Waals surface area contributed by atoms with E-state index in [9.17, 15) is 14.7 Å². The molecule has 0 heterocycles. The first-order valence-corrected chi connectivity index (χ1v) is 8.90. The van der Waals surface area contributed by atoms with E-state index >= 15 is 0 Å². The van der Waals surface area contributed by atoms with E-state index < -0.39 is 29.3 Å². The number of hydrogen-bond donors (Lipinski definition) is 3.